The van der Waals surface area contributed by atoms with E-state index in [4.69, 9.17) is 6.57 Å². The molecule has 3 saturated carbocycles. The van der Waals surface area contributed by atoms with Gasteiger partial charge in [-0.3, -0.25) is 0 Å². The third-order valence-corrected chi connectivity index (χ3v) is 11.9. The van der Waals surface area contributed by atoms with Crippen LogP contribution in [0.25, 0.3) is 4.85 Å². The second-order valence-electron chi connectivity index (χ2n) is 13.8. The summed E-state index contributed by atoms with van der Waals surface area (Å²) in [6.45, 7) is 18.9. The van der Waals surface area contributed by atoms with Crippen LogP contribution in [0.15, 0.2) is 0 Å². The summed E-state index contributed by atoms with van der Waals surface area (Å²) in [5.74, 6) is 9.56. The van der Waals surface area contributed by atoms with Crippen LogP contribution in [0.3, 0.4) is 0 Å². The highest BCUT2D eigenvalue weighted by molar-refractivity contribution is 4.87. The first-order valence-corrected chi connectivity index (χ1v) is 16.3. The first-order valence-electron chi connectivity index (χ1n) is 16.3. The molecule has 3 aliphatic carbocycles. The molecule has 4 atom stereocenters. The summed E-state index contributed by atoms with van der Waals surface area (Å²) in [5, 5.41) is 0. The summed E-state index contributed by atoms with van der Waals surface area (Å²) < 4.78 is 0. The van der Waals surface area contributed by atoms with E-state index in [1.807, 2.05) is 0 Å². The molecule has 0 aromatic rings. The Balaban J connectivity index is 1.62. The Bertz CT molecular complexity index is 595. The summed E-state index contributed by atoms with van der Waals surface area (Å²) in [5.41, 5.74) is 0. The molecule has 0 saturated heterocycles. The summed E-state index contributed by atoms with van der Waals surface area (Å²) in [6.07, 6.45) is 25.0. The fourth-order valence-electron chi connectivity index (χ4n) is 8.91. The average Bonchev–Trinajstić information content (AvgIpc) is 2.91. The summed E-state index contributed by atoms with van der Waals surface area (Å²) in [6, 6.07) is 0. The first kappa shape index (κ1) is 29.1. The van der Waals surface area contributed by atoms with E-state index in [9.17, 15) is 0 Å². The number of nitrogens with zero attached hydrogens (tertiary/aromatic N) is 1. The van der Waals surface area contributed by atoms with Crippen molar-refractivity contribution in [1.29, 1.82) is 0 Å². The van der Waals surface area contributed by atoms with Crippen LogP contribution < -0.4 is 0 Å². The molecule has 0 amide bonds. The molecule has 0 N–H and O–H groups in total. The van der Waals surface area contributed by atoms with E-state index in [0.717, 1.165) is 65.7 Å². The zero-order valence-electron chi connectivity index (χ0n) is 24.5. The lowest BCUT2D eigenvalue weighted by Crippen LogP contribution is -2.31. The molecule has 35 heavy (non-hydrogen) atoms. The molecule has 4 unspecified atom stereocenters. The molecule has 1 nitrogen and oxygen atoms in total. The van der Waals surface area contributed by atoms with Gasteiger partial charge in [0.2, 0.25) is 0 Å². The van der Waals surface area contributed by atoms with Crippen molar-refractivity contribution in [1.82, 2.24) is 0 Å². The normalized spacial score (nSPS) is 35.5. The van der Waals surface area contributed by atoms with Gasteiger partial charge in [0.15, 0.2) is 0 Å². The Morgan fingerprint density at radius 1 is 0.571 bits per heavy atom. The lowest BCUT2D eigenvalue weighted by molar-refractivity contribution is 0.0921. The summed E-state index contributed by atoms with van der Waals surface area (Å²) in [7, 11) is 0. The van der Waals surface area contributed by atoms with E-state index >= 15 is 0 Å². The third kappa shape index (κ3) is 8.50. The van der Waals surface area contributed by atoms with Crippen LogP contribution in [-0.4, -0.2) is 6.54 Å². The Morgan fingerprint density at radius 3 is 1.60 bits per heavy atom. The lowest BCUT2D eigenvalue weighted by Gasteiger charge is -2.42. The van der Waals surface area contributed by atoms with E-state index in [1.165, 1.54) is 103 Å². The van der Waals surface area contributed by atoms with Crippen molar-refractivity contribution in [2.45, 2.75) is 144 Å². The van der Waals surface area contributed by atoms with Crippen molar-refractivity contribution in [3.05, 3.63) is 4.85 Å². The van der Waals surface area contributed by atoms with Crippen molar-refractivity contribution in [3.63, 3.8) is 0 Å². The molecule has 0 aromatic carbocycles. The molecular weight excluding hydrogens is 422 g/mol. The Morgan fingerprint density at radius 2 is 1.06 bits per heavy atom. The Hall–Kier alpha value is -0.510. The SMILES string of the molecule is C#[N+]CC1CCC(C(C)CC(CC(CC)C2CCC(CC)CC2)C2CCC(C(C)CC)CC2)CC1. The standard InChI is InChI=1S/C34H62N/c1-7-25(4)30-18-20-33(21-19-30)34(22-26(5)31-14-12-28(13-15-31)24-35-6)23-29(9-3)32-16-10-27(8-2)11-17-32/h6,25-34H,7-24H2,1-5H3/q+1. The molecule has 1 heteroatoms. The number of hydrogen-bond donors (Lipinski definition) is 0. The van der Waals surface area contributed by atoms with Gasteiger partial charge in [0, 0.05) is 5.92 Å². The molecule has 0 spiro atoms. The molecule has 0 heterocycles. The van der Waals surface area contributed by atoms with Gasteiger partial charge >= 0.3 is 0 Å². The summed E-state index contributed by atoms with van der Waals surface area (Å²) in [4.78, 5) is 3.96. The van der Waals surface area contributed by atoms with Gasteiger partial charge in [-0.1, -0.05) is 71.6 Å². The molecule has 0 radical (unpaired) electrons. The molecule has 3 aliphatic rings. The molecule has 202 valence electrons. The van der Waals surface area contributed by atoms with E-state index in [1.54, 1.807) is 6.42 Å². The van der Waals surface area contributed by atoms with Crippen molar-refractivity contribution < 1.29 is 0 Å². The van der Waals surface area contributed by atoms with Gasteiger partial charge in [-0.15, -0.1) is 0 Å². The third-order valence-electron chi connectivity index (χ3n) is 11.9. The van der Waals surface area contributed by atoms with Gasteiger partial charge < -0.3 is 0 Å². The fraction of sp³-hybridized carbons (Fsp3) is 0.971. The maximum Gasteiger partial charge on any atom is 0.266 e. The minimum atomic E-state index is 0.762. The summed E-state index contributed by atoms with van der Waals surface area (Å²) >= 11 is 0. The monoisotopic (exact) mass is 484 g/mol. The van der Waals surface area contributed by atoms with Gasteiger partial charge in [0.1, 0.15) is 0 Å². The van der Waals surface area contributed by atoms with E-state index in [0.29, 0.717) is 0 Å². The second kappa shape index (κ2) is 15.0. The van der Waals surface area contributed by atoms with Crippen molar-refractivity contribution in [2.24, 2.45) is 59.2 Å². The quantitative estimate of drug-likeness (QED) is 0.259. The van der Waals surface area contributed by atoms with Crippen LogP contribution in [0.4, 0.5) is 0 Å². The van der Waals surface area contributed by atoms with Crippen molar-refractivity contribution in [2.75, 3.05) is 6.54 Å². The van der Waals surface area contributed by atoms with Gasteiger partial charge in [-0.2, -0.15) is 0 Å². The smallest absolute Gasteiger partial charge is 0.0866 e. The predicted molar refractivity (Wildman–Crippen MR) is 155 cm³/mol. The zero-order valence-corrected chi connectivity index (χ0v) is 24.5. The van der Waals surface area contributed by atoms with Crippen LogP contribution in [0.1, 0.15) is 144 Å². The van der Waals surface area contributed by atoms with Crippen molar-refractivity contribution in [3.8, 4) is 6.57 Å². The Kier molecular flexibility index (Phi) is 12.5. The van der Waals surface area contributed by atoms with Crippen LogP contribution in [-0.2, 0) is 0 Å². The maximum absolute atomic E-state index is 5.50. The van der Waals surface area contributed by atoms with Crippen LogP contribution in [0, 0.1) is 65.8 Å². The average molecular weight is 485 g/mol. The minimum absolute atomic E-state index is 0.762. The number of rotatable bonds is 12. The maximum atomic E-state index is 5.50. The zero-order chi connectivity index (χ0) is 25.2. The highest BCUT2D eigenvalue weighted by atomic mass is 14.6. The molecule has 0 bridgehead atoms. The minimum Gasteiger partial charge on any atom is -0.0866 e. The highest BCUT2D eigenvalue weighted by Gasteiger charge is 2.36. The van der Waals surface area contributed by atoms with E-state index < -0.39 is 0 Å². The van der Waals surface area contributed by atoms with E-state index in [-0.39, 0.29) is 0 Å². The van der Waals surface area contributed by atoms with Crippen molar-refractivity contribution >= 4 is 0 Å². The Labute approximate surface area is 220 Å². The van der Waals surface area contributed by atoms with Gasteiger partial charge in [-0.25, -0.2) is 0 Å². The second-order valence-corrected chi connectivity index (χ2v) is 13.8. The van der Waals surface area contributed by atoms with Crippen LogP contribution >= 0.6 is 0 Å². The topological polar surface area (TPSA) is 4.36 Å². The van der Waals surface area contributed by atoms with Gasteiger partial charge in [0.25, 0.3) is 13.1 Å². The molecule has 3 rings (SSSR count). The largest absolute Gasteiger partial charge is 0.266 e. The first-order chi connectivity index (χ1) is 17.0. The number of hydrogen-bond acceptors (Lipinski definition) is 0. The highest BCUT2D eigenvalue weighted by Crippen LogP contribution is 2.46. The molecular formula is C34H62N+. The van der Waals surface area contributed by atoms with Gasteiger partial charge in [0.05, 0.1) is 0 Å². The van der Waals surface area contributed by atoms with Crippen LogP contribution in [0.5, 0.6) is 0 Å². The fourth-order valence-corrected chi connectivity index (χ4v) is 8.91. The van der Waals surface area contributed by atoms with E-state index in [2.05, 4.69) is 39.5 Å². The molecule has 3 fully saturated rings. The molecule has 0 aliphatic heterocycles. The lowest BCUT2D eigenvalue weighted by atomic mass is 9.64. The van der Waals surface area contributed by atoms with Crippen LogP contribution in [0.2, 0.25) is 0 Å². The molecule has 0 aromatic heterocycles. The predicted octanol–water partition coefficient (Wildman–Crippen LogP) is 10.9. The van der Waals surface area contributed by atoms with Gasteiger partial charge in [-0.05, 0) is 130 Å².